The maximum Gasteiger partial charge on any atom is 0.243 e. The molecule has 0 unspecified atom stereocenters. The van der Waals surface area contributed by atoms with Gasteiger partial charge in [-0.15, -0.1) is 10.2 Å². The first kappa shape index (κ1) is 28.0. The first-order valence-corrected chi connectivity index (χ1v) is 15.7. The Morgan fingerprint density at radius 1 is 0.950 bits per heavy atom. The summed E-state index contributed by atoms with van der Waals surface area (Å²) in [4.78, 5) is 24.6. The Hall–Kier alpha value is -3.54. The molecule has 40 heavy (non-hydrogen) atoms. The van der Waals surface area contributed by atoms with Crippen LogP contribution in [0.25, 0.3) is 16.5 Å². The molecule has 1 amide bonds. The third-order valence-corrected chi connectivity index (χ3v) is 9.71. The molecule has 9 nitrogen and oxygen atoms in total. The van der Waals surface area contributed by atoms with E-state index in [4.69, 9.17) is 0 Å². The maximum absolute atomic E-state index is 13.1. The zero-order chi connectivity index (χ0) is 28.1. The number of amides is 1. The van der Waals surface area contributed by atoms with Crippen LogP contribution in [-0.2, 0) is 21.2 Å². The molecule has 1 aromatic heterocycles. The number of hydrogen-bond donors (Lipinski definition) is 1. The number of aryl methyl sites for hydroxylation is 1. The average Bonchev–Trinajstić information content (AvgIpc) is 3.65. The Morgan fingerprint density at radius 3 is 2.42 bits per heavy atom. The average molecular weight is 578 g/mol. The highest BCUT2D eigenvalue weighted by Gasteiger charge is 2.27. The lowest BCUT2D eigenvalue weighted by Crippen LogP contribution is -2.27. The summed E-state index contributed by atoms with van der Waals surface area (Å²) in [7, 11) is -3.53. The molecule has 1 N–H and O–H groups in total. The van der Waals surface area contributed by atoms with Crippen molar-refractivity contribution in [3.8, 4) is 5.69 Å². The van der Waals surface area contributed by atoms with Gasteiger partial charge in [0.1, 0.15) is 5.82 Å². The number of hydrogen-bond acceptors (Lipinski definition) is 7. The van der Waals surface area contributed by atoms with Crippen LogP contribution in [0.5, 0.6) is 0 Å². The molecule has 0 spiro atoms. The van der Waals surface area contributed by atoms with Crippen LogP contribution < -0.4 is 5.32 Å². The second-order valence-electron chi connectivity index (χ2n) is 9.67. The van der Waals surface area contributed by atoms with Crippen molar-refractivity contribution in [2.24, 2.45) is 0 Å². The molecule has 1 saturated heterocycles. The highest BCUT2D eigenvalue weighted by molar-refractivity contribution is 7.99. The molecule has 0 bridgehead atoms. The molecule has 4 aromatic rings. The third-order valence-electron chi connectivity index (χ3n) is 6.87. The summed E-state index contributed by atoms with van der Waals surface area (Å²) in [6.45, 7) is 3.09. The first-order chi connectivity index (χ1) is 19.3. The first-order valence-electron chi connectivity index (χ1n) is 13.3. The summed E-state index contributed by atoms with van der Waals surface area (Å²) in [5.74, 6) is 0.655. The number of rotatable bonds is 11. The number of ketones is 1. The molecule has 5 rings (SSSR count). The number of thioether (sulfide) groups is 1. The van der Waals surface area contributed by atoms with E-state index in [-0.39, 0.29) is 22.3 Å². The Balaban J connectivity index is 1.36. The van der Waals surface area contributed by atoms with Gasteiger partial charge in [-0.1, -0.05) is 60.3 Å². The van der Waals surface area contributed by atoms with E-state index < -0.39 is 10.0 Å². The Kier molecular flexibility index (Phi) is 8.63. The van der Waals surface area contributed by atoms with Gasteiger partial charge in [-0.25, -0.2) is 8.42 Å². The summed E-state index contributed by atoms with van der Waals surface area (Å²) in [6, 6.07) is 20.3. The summed E-state index contributed by atoms with van der Waals surface area (Å²) in [5, 5.41) is 14.4. The van der Waals surface area contributed by atoms with Crippen molar-refractivity contribution >= 4 is 44.2 Å². The van der Waals surface area contributed by atoms with E-state index in [1.54, 1.807) is 12.1 Å². The molecule has 2 heterocycles. The number of fused-ring (bicyclic) bond motifs is 1. The molecule has 0 atom stereocenters. The van der Waals surface area contributed by atoms with Gasteiger partial charge >= 0.3 is 0 Å². The number of carbonyl (C=O) groups is 2. The SMILES string of the molecule is CC(=O)NCCCc1nnc(SCC(=O)c2ccc(S(=O)(=O)N3CCCC3)cc2)n1-c1cccc2ccccc12. The van der Waals surface area contributed by atoms with Crippen LogP contribution >= 0.6 is 11.8 Å². The summed E-state index contributed by atoms with van der Waals surface area (Å²) in [6.07, 6.45) is 3.03. The number of sulfonamides is 1. The molecule has 1 fully saturated rings. The van der Waals surface area contributed by atoms with E-state index in [0.717, 1.165) is 35.1 Å². The lowest BCUT2D eigenvalue weighted by atomic mass is 10.1. The Morgan fingerprint density at radius 2 is 1.68 bits per heavy atom. The van der Waals surface area contributed by atoms with Crippen molar-refractivity contribution in [2.45, 2.75) is 42.7 Å². The number of carbonyl (C=O) groups excluding carboxylic acids is 2. The lowest BCUT2D eigenvalue weighted by molar-refractivity contribution is -0.118. The smallest absolute Gasteiger partial charge is 0.243 e. The van der Waals surface area contributed by atoms with Gasteiger partial charge in [-0.2, -0.15) is 4.31 Å². The lowest BCUT2D eigenvalue weighted by Gasteiger charge is -2.15. The molecular weight excluding hydrogens is 546 g/mol. The Bertz CT molecular complexity index is 1620. The van der Waals surface area contributed by atoms with Crippen LogP contribution in [-0.4, -0.2) is 64.6 Å². The van der Waals surface area contributed by atoms with E-state index in [9.17, 15) is 18.0 Å². The molecule has 0 saturated carbocycles. The fraction of sp³-hybridized carbons (Fsp3) is 0.310. The topological polar surface area (TPSA) is 114 Å². The number of benzene rings is 3. The molecule has 1 aliphatic heterocycles. The van der Waals surface area contributed by atoms with Gasteiger partial charge in [-0.05, 0) is 42.8 Å². The van der Waals surface area contributed by atoms with Crippen molar-refractivity contribution in [3.05, 3.63) is 78.1 Å². The highest BCUT2D eigenvalue weighted by atomic mass is 32.2. The summed E-state index contributed by atoms with van der Waals surface area (Å²) in [5.41, 5.74) is 1.36. The van der Waals surface area contributed by atoms with E-state index in [1.807, 2.05) is 47.0 Å². The van der Waals surface area contributed by atoms with E-state index in [1.165, 1.54) is 35.1 Å². The second-order valence-corrected chi connectivity index (χ2v) is 12.5. The second kappa shape index (κ2) is 12.3. The van der Waals surface area contributed by atoms with Crippen LogP contribution in [0.3, 0.4) is 0 Å². The third kappa shape index (κ3) is 6.11. The number of Topliss-reactive ketones (excluding diaryl/α,β-unsaturated/α-hetero) is 1. The van der Waals surface area contributed by atoms with E-state index in [2.05, 4.69) is 15.5 Å². The van der Waals surface area contributed by atoms with Crippen LogP contribution in [0.4, 0.5) is 0 Å². The van der Waals surface area contributed by atoms with Gasteiger partial charge in [0.15, 0.2) is 10.9 Å². The minimum Gasteiger partial charge on any atom is -0.356 e. The largest absolute Gasteiger partial charge is 0.356 e. The van der Waals surface area contributed by atoms with Gasteiger partial charge in [0.2, 0.25) is 15.9 Å². The minimum atomic E-state index is -3.53. The molecule has 0 aliphatic carbocycles. The van der Waals surface area contributed by atoms with Crippen molar-refractivity contribution in [2.75, 3.05) is 25.4 Å². The molecule has 208 valence electrons. The number of aromatic nitrogens is 3. The summed E-state index contributed by atoms with van der Waals surface area (Å²) < 4.78 is 29.1. The zero-order valence-electron chi connectivity index (χ0n) is 22.2. The van der Waals surface area contributed by atoms with Crippen molar-refractivity contribution in [1.29, 1.82) is 0 Å². The predicted molar refractivity (Wildman–Crippen MR) is 155 cm³/mol. The normalized spacial score (nSPS) is 14.0. The van der Waals surface area contributed by atoms with Crippen molar-refractivity contribution < 1.29 is 18.0 Å². The minimum absolute atomic E-state index is 0.0769. The standard InChI is InChI=1S/C29H31N5O4S2/c1-21(35)30-17-7-12-28-31-32-29(34(28)26-11-6-9-22-8-2-3-10-25(22)26)39-20-27(36)23-13-15-24(16-14-23)40(37,38)33-18-4-5-19-33/h2-3,6,8-11,13-16H,4-5,7,12,17-20H2,1H3,(H,30,35). The fourth-order valence-corrected chi connectivity index (χ4v) is 7.19. The van der Waals surface area contributed by atoms with Gasteiger partial charge in [-0.3, -0.25) is 14.2 Å². The molecule has 1 aliphatic rings. The van der Waals surface area contributed by atoms with Gasteiger partial charge in [0.25, 0.3) is 0 Å². The quantitative estimate of drug-likeness (QED) is 0.161. The van der Waals surface area contributed by atoms with Crippen LogP contribution in [0.1, 0.15) is 42.4 Å². The van der Waals surface area contributed by atoms with Gasteiger partial charge in [0.05, 0.1) is 16.3 Å². The van der Waals surface area contributed by atoms with Crippen LogP contribution in [0.2, 0.25) is 0 Å². The highest BCUT2D eigenvalue weighted by Crippen LogP contribution is 2.29. The predicted octanol–water partition coefficient (Wildman–Crippen LogP) is 4.25. The van der Waals surface area contributed by atoms with Crippen LogP contribution in [0.15, 0.2) is 76.8 Å². The Labute approximate surface area is 238 Å². The maximum atomic E-state index is 13.1. The van der Waals surface area contributed by atoms with Gasteiger partial charge < -0.3 is 5.32 Å². The monoisotopic (exact) mass is 577 g/mol. The van der Waals surface area contributed by atoms with Crippen LogP contribution in [0, 0.1) is 0 Å². The number of nitrogens with one attached hydrogen (secondary N) is 1. The van der Waals surface area contributed by atoms with E-state index in [0.29, 0.717) is 43.2 Å². The van der Waals surface area contributed by atoms with Crippen molar-refractivity contribution in [1.82, 2.24) is 24.4 Å². The zero-order valence-corrected chi connectivity index (χ0v) is 23.9. The van der Waals surface area contributed by atoms with Gasteiger partial charge in [0, 0.05) is 43.9 Å². The molecule has 11 heteroatoms. The molecule has 3 aromatic carbocycles. The van der Waals surface area contributed by atoms with E-state index >= 15 is 0 Å². The molecular formula is C29H31N5O4S2. The molecule has 0 radical (unpaired) electrons. The fourth-order valence-electron chi connectivity index (χ4n) is 4.82. The summed E-state index contributed by atoms with van der Waals surface area (Å²) >= 11 is 1.29. The number of nitrogens with zero attached hydrogens (tertiary/aromatic N) is 4. The van der Waals surface area contributed by atoms with Crippen molar-refractivity contribution in [3.63, 3.8) is 0 Å².